The van der Waals surface area contributed by atoms with Crippen LogP contribution in [0.3, 0.4) is 0 Å². The molecule has 0 fully saturated rings. The first kappa shape index (κ1) is 20.6. The van der Waals surface area contributed by atoms with Gasteiger partial charge in [-0.1, -0.05) is 80.6 Å². The van der Waals surface area contributed by atoms with E-state index in [-0.39, 0.29) is 5.78 Å². The Labute approximate surface area is 183 Å². The molecule has 0 saturated carbocycles. The van der Waals surface area contributed by atoms with E-state index in [1.54, 1.807) is 0 Å². The van der Waals surface area contributed by atoms with Gasteiger partial charge in [0.05, 0.1) is 18.2 Å². The number of nitrogens with zero attached hydrogens (tertiary/aromatic N) is 2. The molecule has 3 aromatic carbocycles. The zero-order chi connectivity index (χ0) is 21.6. The Bertz CT molecular complexity index is 1150. The van der Waals surface area contributed by atoms with E-state index in [1.807, 2.05) is 85.3 Å². The second-order valence-corrected chi connectivity index (χ2v) is 8.03. The normalized spacial score (nSPS) is 10.9. The van der Waals surface area contributed by atoms with Crippen molar-refractivity contribution in [2.75, 3.05) is 0 Å². The number of ether oxygens (including phenoxy) is 1. The Kier molecular flexibility index (Phi) is 6.27. The van der Waals surface area contributed by atoms with Gasteiger partial charge in [-0.05, 0) is 23.6 Å². The molecule has 0 saturated heterocycles. The van der Waals surface area contributed by atoms with Crippen LogP contribution in [0.25, 0.3) is 11.3 Å². The summed E-state index contributed by atoms with van der Waals surface area (Å²) >= 11 is 0. The minimum atomic E-state index is 0.0266. The van der Waals surface area contributed by atoms with Crippen molar-refractivity contribution in [3.63, 3.8) is 0 Å². The van der Waals surface area contributed by atoms with Crippen molar-refractivity contribution in [3.8, 4) is 17.0 Å². The van der Waals surface area contributed by atoms with Crippen molar-refractivity contribution in [3.05, 3.63) is 108 Å². The van der Waals surface area contributed by atoms with E-state index in [0.717, 1.165) is 29.1 Å². The lowest BCUT2D eigenvalue weighted by molar-refractivity contribution is 0.103. The Morgan fingerprint density at radius 3 is 2.42 bits per heavy atom. The Hall–Kier alpha value is -3.66. The Morgan fingerprint density at radius 1 is 0.935 bits per heavy atom. The summed E-state index contributed by atoms with van der Waals surface area (Å²) in [6.45, 7) is 5.76. The maximum absolute atomic E-state index is 12.5. The van der Waals surface area contributed by atoms with Gasteiger partial charge < -0.3 is 9.30 Å². The number of carbonyl (C=O) groups is 1. The number of aromatic nitrogens is 2. The summed E-state index contributed by atoms with van der Waals surface area (Å²) in [4.78, 5) is 16.9. The molecule has 0 radical (unpaired) electrons. The minimum Gasteiger partial charge on any atom is -0.489 e. The second kappa shape index (κ2) is 9.43. The van der Waals surface area contributed by atoms with Crippen molar-refractivity contribution in [2.45, 2.75) is 27.0 Å². The molecule has 0 unspecified atom stereocenters. The fourth-order valence-electron chi connectivity index (χ4n) is 3.52. The molecular formula is C27H26N2O2. The van der Waals surface area contributed by atoms with Gasteiger partial charge in [0.15, 0.2) is 5.78 Å². The van der Waals surface area contributed by atoms with E-state index in [4.69, 9.17) is 4.74 Å². The van der Waals surface area contributed by atoms with E-state index >= 15 is 0 Å². The van der Waals surface area contributed by atoms with E-state index in [2.05, 4.69) is 29.5 Å². The highest BCUT2D eigenvalue weighted by Crippen LogP contribution is 2.25. The van der Waals surface area contributed by atoms with Crippen LogP contribution in [0.1, 0.15) is 35.3 Å². The quantitative estimate of drug-likeness (QED) is 0.334. The average Bonchev–Trinajstić information content (AvgIpc) is 3.26. The molecule has 0 aliphatic carbocycles. The van der Waals surface area contributed by atoms with Gasteiger partial charge in [-0.25, -0.2) is 4.98 Å². The first-order valence-corrected chi connectivity index (χ1v) is 10.5. The molecule has 0 aliphatic rings. The summed E-state index contributed by atoms with van der Waals surface area (Å²) in [5.41, 5.74) is 4.55. The molecule has 0 spiro atoms. The number of ketones is 1. The lowest BCUT2D eigenvalue weighted by Gasteiger charge is -2.12. The fraction of sp³-hybridized carbons (Fsp3) is 0.185. The molecule has 0 amide bonds. The SMILES string of the molecule is CC(C)Cn1cncc1-c1cccc(OCc2ccc(C(=O)c3ccccc3)cc2)c1. The number of imidazole rings is 1. The number of rotatable bonds is 8. The number of carbonyl (C=O) groups excluding carboxylic acids is 1. The van der Waals surface area contributed by atoms with Gasteiger partial charge in [0, 0.05) is 23.2 Å². The van der Waals surface area contributed by atoms with Crippen LogP contribution >= 0.6 is 0 Å². The van der Waals surface area contributed by atoms with E-state index in [0.29, 0.717) is 23.7 Å². The number of hydrogen-bond donors (Lipinski definition) is 0. The Balaban J connectivity index is 1.43. The Morgan fingerprint density at radius 2 is 1.68 bits per heavy atom. The summed E-state index contributed by atoms with van der Waals surface area (Å²) < 4.78 is 8.19. The van der Waals surface area contributed by atoms with Crippen LogP contribution in [0.5, 0.6) is 5.75 Å². The van der Waals surface area contributed by atoms with E-state index in [9.17, 15) is 4.79 Å². The van der Waals surface area contributed by atoms with Gasteiger partial charge in [0.25, 0.3) is 0 Å². The smallest absolute Gasteiger partial charge is 0.193 e. The molecule has 0 aliphatic heterocycles. The zero-order valence-corrected chi connectivity index (χ0v) is 17.9. The highest BCUT2D eigenvalue weighted by Gasteiger charge is 2.10. The largest absolute Gasteiger partial charge is 0.489 e. The van der Waals surface area contributed by atoms with Crippen LogP contribution in [0.15, 0.2) is 91.4 Å². The topological polar surface area (TPSA) is 44.1 Å². The van der Waals surface area contributed by atoms with Gasteiger partial charge in [-0.3, -0.25) is 4.79 Å². The van der Waals surface area contributed by atoms with Gasteiger partial charge in [0.1, 0.15) is 12.4 Å². The summed E-state index contributed by atoms with van der Waals surface area (Å²) in [6.07, 6.45) is 3.77. The third-order valence-electron chi connectivity index (χ3n) is 5.06. The second-order valence-electron chi connectivity index (χ2n) is 8.03. The zero-order valence-electron chi connectivity index (χ0n) is 17.9. The van der Waals surface area contributed by atoms with Crippen molar-refractivity contribution in [1.82, 2.24) is 9.55 Å². The van der Waals surface area contributed by atoms with E-state index in [1.165, 1.54) is 0 Å². The van der Waals surface area contributed by atoms with Crippen molar-refractivity contribution < 1.29 is 9.53 Å². The summed E-state index contributed by atoms with van der Waals surface area (Å²) in [7, 11) is 0. The average molecular weight is 411 g/mol. The van der Waals surface area contributed by atoms with Gasteiger partial charge in [-0.15, -0.1) is 0 Å². The molecule has 1 aromatic heterocycles. The third-order valence-corrected chi connectivity index (χ3v) is 5.06. The number of benzene rings is 3. The molecule has 0 atom stereocenters. The predicted octanol–water partition coefficient (Wildman–Crippen LogP) is 6.02. The molecule has 4 nitrogen and oxygen atoms in total. The predicted molar refractivity (Wildman–Crippen MR) is 123 cm³/mol. The van der Waals surface area contributed by atoms with Crippen molar-refractivity contribution >= 4 is 5.78 Å². The highest BCUT2D eigenvalue weighted by atomic mass is 16.5. The molecule has 4 heteroatoms. The number of hydrogen-bond acceptors (Lipinski definition) is 3. The van der Waals surface area contributed by atoms with Crippen LogP contribution in [-0.4, -0.2) is 15.3 Å². The molecular weight excluding hydrogens is 384 g/mol. The third kappa shape index (κ3) is 5.10. The van der Waals surface area contributed by atoms with Crippen LogP contribution in [-0.2, 0) is 13.2 Å². The molecule has 156 valence electrons. The molecule has 31 heavy (non-hydrogen) atoms. The standard InChI is InChI=1S/C27H26N2O2/c1-20(2)17-29-19-28-16-26(29)24-9-6-10-25(15-24)31-18-21-11-13-23(14-12-21)27(30)22-7-4-3-5-8-22/h3-16,19-20H,17-18H2,1-2H3. The first-order valence-electron chi connectivity index (χ1n) is 10.5. The summed E-state index contributed by atoms with van der Waals surface area (Å²) in [5.74, 6) is 1.38. The van der Waals surface area contributed by atoms with Gasteiger partial charge in [0.2, 0.25) is 0 Å². The van der Waals surface area contributed by atoms with Gasteiger partial charge >= 0.3 is 0 Å². The monoisotopic (exact) mass is 410 g/mol. The molecule has 0 N–H and O–H groups in total. The molecule has 4 rings (SSSR count). The summed E-state index contributed by atoms with van der Waals surface area (Å²) in [6, 6.07) is 25.0. The fourth-order valence-corrected chi connectivity index (χ4v) is 3.52. The first-order chi connectivity index (χ1) is 15.1. The molecule has 1 heterocycles. The maximum Gasteiger partial charge on any atom is 0.193 e. The van der Waals surface area contributed by atoms with Crippen LogP contribution in [0, 0.1) is 5.92 Å². The van der Waals surface area contributed by atoms with Gasteiger partial charge in [-0.2, -0.15) is 0 Å². The molecule has 0 bridgehead atoms. The molecule has 4 aromatic rings. The highest BCUT2D eigenvalue weighted by molar-refractivity contribution is 6.08. The van der Waals surface area contributed by atoms with Crippen molar-refractivity contribution in [2.24, 2.45) is 5.92 Å². The van der Waals surface area contributed by atoms with Crippen LogP contribution in [0.2, 0.25) is 0 Å². The van der Waals surface area contributed by atoms with Crippen molar-refractivity contribution in [1.29, 1.82) is 0 Å². The lowest BCUT2D eigenvalue weighted by atomic mass is 10.0. The lowest BCUT2D eigenvalue weighted by Crippen LogP contribution is -2.04. The van der Waals surface area contributed by atoms with Crippen LogP contribution in [0.4, 0.5) is 0 Å². The maximum atomic E-state index is 12.5. The summed E-state index contributed by atoms with van der Waals surface area (Å²) in [5, 5.41) is 0. The van der Waals surface area contributed by atoms with Crippen LogP contribution < -0.4 is 4.74 Å². The minimum absolute atomic E-state index is 0.0266. The van der Waals surface area contributed by atoms with E-state index < -0.39 is 0 Å².